The summed E-state index contributed by atoms with van der Waals surface area (Å²) in [4.78, 5) is 4.44. The Balaban J connectivity index is 1.94. The van der Waals surface area contributed by atoms with Crippen molar-refractivity contribution in [1.82, 2.24) is 4.98 Å². The highest BCUT2D eigenvalue weighted by atomic mass is 32.1. The summed E-state index contributed by atoms with van der Waals surface area (Å²) in [6.45, 7) is 1.98. The van der Waals surface area contributed by atoms with Crippen LogP contribution in [0.25, 0.3) is 0 Å². The molecule has 4 heteroatoms. The zero-order valence-corrected chi connectivity index (χ0v) is 11.1. The Morgan fingerprint density at radius 1 is 1.50 bits per heavy atom. The lowest BCUT2D eigenvalue weighted by molar-refractivity contribution is 0.0389. The highest BCUT2D eigenvalue weighted by Crippen LogP contribution is 2.40. The molecule has 3 rings (SSSR count). The van der Waals surface area contributed by atoms with Crippen LogP contribution in [-0.2, 0) is 18.4 Å². The van der Waals surface area contributed by atoms with Gasteiger partial charge < -0.3 is 10.8 Å². The van der Waals surface area contributed by atoms with Gasteiger partial charge in [0.15, 0.2) is 0 Å². The molecule has 1 heterocycles. The molecule has 1 unspecified atom stereocenters. The normalized spacial score (nSPS) is 22.1. The number of anilines is 1. The fourth-order valence-electron chi connectivity index (χ4n) is 2.67. The molecule has 1 aromatic carbocycles. The van der Waals surface area contributed by atoms with Gasteiger partial charge >= 0.3 is 0 Å². The number of aryl methyl sites for hydroxylation is 2. The molecule has 2 aromatic rings. The second-order valence-electron chi connectivity index (χ2n) is 5.01. The van der Waals surface area contributed by atoms with Gasteiger partial charge in [-0.05, 0) is 43.0 Å². The Hall–Kier alpha value is -1.39. The number of rotatable bonds is 2. The van der Waals surface area contributed by atoms with Crippen LogP contribution >= 0.6 is 11.3 Å². The second-order valence-corrected chi connectivity index (χ2v) is 5.95. The maximum atomic E-state index is 10.8. The number of fused-ring (bicyclic) bond motifs is 1. The van der Waals surface area contributed by atoms with E-state index >= 15 is 0 Å². The Morgan fingerprint density at radius 2 is 2.33 bits per heavy atom. The molecule has 0 radical (unpaired) electrons. The van der Waals surface area contributed by atoms with Crippen molar-refractivity contribution in [2.24, 2.45) is 0 Å². The minimum absolute atomic E-state index is 0.600. The quantitative estimate of drug-likeness (QED) is 0.815. The first-order valence-corrected chi connectivity index (χ1v) is 6.97. The molecule has 3 N–H and O–H groups in total. The van der Waals surface area contributed by atoms with Gasteiger partial charge in [0.25, 0.3) is 0 Å². The monoisotopic (exact) mass is 260 g/mol. The van der Waals surface area contributed by atoms with Crippen LogP contribution in [0.15, 0.2) is 23.6 Å². The van der Waals surface area contributed by atoms with Gasteiger partial charge in [-0.2, -0.15) is 0 Å². The molecule has 1 aliphatic carbocycles. The Kier molecular flexibility index (Phi) is 2.64. The third-order valence-electron chi connectivity index (χ3n) is 3.55. The number of benzene rings is 1. The second kappa shape index (κ2) is 4.07. The molecular weight excluding hydrogens is 244 g/mol. The molecule has 0 aliphatic heterocycles. The van der Waals surface area contributed by atoms with E-state index in [9.17, 15) is 5.11 Å². The predicted molar refractivity (Wildman–Crippen MR) is 73.6 cm³/mol. The van der Waals surface area contributed by atoms with E-state index in [2.05, 4.69) is 4.98 Å². The molecule has 1 atom stereocenters. The highest BCUT2D eigenvalue weighted by molar-refractivity contribution is 7.09. The summed E-state index contributed by atoms with van der Waals surface area (Å²) in [7, 11) is 0. The van der Waals surface area contributed by atoms with Crippen LogP contribution in [0.3, 0.4) is 0 Å². The number of aliphatic hydroxyl groups is 1. The van der Waals surface area contributed by atoms with Crippen molar-refractivity contribution in [2.45, 2.75) is 31.8 Å². The van der Waals surface area contributed by atoms with Crippen molar-refractivity contribution < 1.29 is 5.11 Å². The maximum Gasteiger partial charge on any atom is 0.0965 e. The molecule has 0 saturated heterocycles. The first kappa shape index (κ1) is 11.7. The minimum atomic E-state index is -0.771. The Labute approximate surface area is 110 Å². The predicted octanol–water partition coefficient (Wildman–Crippen LogP) is 2.41. The Morgan fingerprint density at radius 3 is 3.06 bits per heavy atom. The summed E-state index contributed by atoms with van der Waals surface area (Å²) in [5, 5.41) is 13.8. The van der Waals surface area contributed by atoms with E-state index < -0.39 is 5.60 Å². The molecule has 1 aliphatic rings. The molecule has 18 heavy (non-hydrogen) atoms. The van der Waals surface area contributed by atoms with Crippen molar-refractivity contribution in [2.75, 3.05) is 5.73 Å². The lowest BCUT2D eigenvalue weighted by atomic mass is 9.92. The zero-order valence-electron chi connectivity index (χ0n) is 10.3. The van der Waals surface area contributed by atoms with Crippen molar-refractivity contribution in [1.29, 1.82) is 0 Å². The molecule has 3 nitrogen and oxygen atoms in total. The van der Waals surface area contributed by atoms with Gasteiger partial charge in [-0.1, -0.05) is 6.07 Å². The largest absolute Gasteiger partial charge is 0.399 e. The van der Waals surface area contributed by atoms with Crippen molar-refractivity contribution in [3.05, 3.63) is 45.4 Å². The third-order valence-corrected chi connectivity index (χ3v) is 4.52. The van der Waals surface area contributed by atoms with Crippen LogP contribution in [-0.4, -0.2) is 10.1 Å². The molecule has 94 valence electrons. The Bertz CT molecular complexity index is 593. The topological polar surface area (TPSA) is 59.1 Å². The summed E-state index contributed by atoms with van der Waals surface area (Å²) >= 11 is 1.62. The molecule has 0 amide bonds. The zero-order chi connectivity index (χ0) is 12.8. The van der Waals surface area contributed by atoms with Gasteiger partial charge in [0.1, 0.15) is 0 Å². The number of nitrogen functional groups attached to an aromatic ring is 1. The first-order chi connectivity index (χ1) is 8.57. The first-order valence-electron chi connectivity index (χ1n) is 6.09. The molecule has 0 bridgehead atoms. The molecule has 0 fully saturated rings. The molecule has 0 saturated carbocycles. The van der Waals surface area contributed by atoms with Crippen LogP contribution in [0, 0.1) is 6.92 Å². The van der Waals surface area contributed by atoms with E-state index in [1.165, 1.54) is 5.56 Å². The van der Waals surface area contributed by atoms with E-state index in [4.69, 9.17) is 5.73 Å². The van der Waals surface area contributed by atoms with E-state index in [0.29, 0.717) is 6.42 Å². The van der Waals surface area contributed by atoms with Crippen molar-refractivity contribution >= 4 is 17.0 Å². The van der Waals surface area contributed by atoms with Gasteiger partial charge in [-0.25, -0.2) is 4.98 Å². The number of hydrogen-bond acceptors (Lipinski definition) is 4. The molecule has 0 spiro atoms. The van der Waals surface area contributed by atoms with E-state index in [1.54, 1.807) is 11.3 Å². The number of thiazole rings is 1. The fourth-order valence-corrected chi connectivity index (χ4v) is 3.55. The van der Waals surface area contributed by atoms with Crippen LogP contribution in [0.5, 0.6) is 0 Å². The SMILES string of the molecule is Cc1csc(CC2(O)CCc3cc(N)ccc32)n1. The van der Waals surface area contributed by atoms with Crippen molar-refractivity contribution in [3.8, 4) is 0 Å². The number of nitrogens with zero attached hydrogens (tertiary/aromatic N) is 1. The van der Waals surface area contributed by atoms with Crippen molar-refractivity contribution in [3.63, 3.8) is 0 Å². The third kappa shape index (κ3) is 1.91. The van der Waals surface area contributed by atoms with Gasteiger partial charge in [-0.15, -0.1) is 11.3 Å². The van der Waals surface area contributed by atoms with Crippen LogP contribution in [0.1, 0.15) is 28.2 Å². The average molecular weight is 260 g/mol. The highest BCUT2D eigenvalue weighted by Gasteiger charge is 2.37. The number of aromatic nitrogens is 1. The summed E-state index contributed by atoms with van der Waals surface area (Å²) in [6, 6.07) is 5.79. The van der Waals surface area contributed by atoms with Gasteiger partial charge in [0.2, 0.25) is 0 Å². The summed E-state index contributed by atoms with van der Waals surface area (Å²) in [6.07, 6.45) is 2.24. The van der Waals surface area contributed by atoms with Gasteiger partial charge in [0, 0.05) is 23.2 Å². The smallest absolute Gasteiger partial charge is 0.0965 e. The summed E-state index contributed by atoms with van der Waals surface area (Å²) < 4.78 is 0. The minimum Gasteiger partial charge on any atom is -0.399 e. The van der Waals surface area contributed by atoms with E-state index in [-0.39, 0.29) is 0 Å². The molecule has 1 aromatic heterocycles. The van der Waals surface area contributed by atoms with Crippen LogP contribution in [0.2, 0.25) is 0 Å². The van der Waals surface area contributed by atoms with Gasteiger partial charge in [0.05, 0.1) is 10.6 Å². The summed E-state index contributed by atoms with van der Waals surface area (Å²) in [5.41, 5.74) is 8.99. The lowest BCUT2D eigenvalue weighted by Crippen LogP contribution is -2.25. The van der Waals surface area contributed by atoms with Crippen LogP contribution < -0.4 is 5.73 Å². The lowest BCUT2D eigenvalue weighted by Gasteiger charge is -2.22. The van der Waals surface area contributed by atoms with Gasteiger partial charge in [-0.3, -0.25) is 0 Å². The average Bonchev–Trinajstić information content (AvgIpc) is 2.84. The number of nitrogens with two attached hydrogens (primary N) is 1. The molecular formula is C14H16N2OS. The van der Waals surface area contributed by atoms with E-state index in [1.807, 2.05) is 30.5 Å². The summed E-state index contributed by atoms with van der Waals surface area (Å²) in [5.74, 6) is 0. The standard InChI is InChI=1S/C14H16N2OS/c1-9-8-18-13(16-9)7-14(17)5-4-10-6-11(15)2-3-12(10)14/h2-3,6,8,17H,4-5,7,15H2,1H3. The number of hydrogen-bond donors (Lipinski definition) is 2. The maximum absolute atomic E-state index is 10.8. The van der Waals surface area contributed by atoms with Crippen LogP contribution in [0.4, 0.5) is 5.69 Å². The fraction of sp³-hybridized carbons (Fsp3) is 0.357. The van der Waals surface area contributed by atoms with E-state index in [0.717, 1.165) is 34.8 Å².